The summed E-state index contributed by atoms with van der Waals surface area (Å²) in [5.41, 5.74) is 0.885. The van der Waals surface area contributed by atoms with Crippen LogP contribution >= 0.6 is 15.9 Å². The summed E-state index contributed by atoms with van der Waals surface area (Å²) in [5, 5.41) is 12.5. The SMILES string of the molecule is CC(C)(C)OCC1CC(C(=O)O)NC1c1ccc(Br)cc1. The second-order valence-corrected chi connectivity index (χ2v) is 7.42. The van der Waals surface area contributed by atoms with Crippen LogP contribution in [0.2, 0.25) is 0 Å². The monoisotopic (exact) mass is 355 g/mol. The summed E-state index contributed by atoms with van der Waals surface area (Å²) >= 11 is 3.42. The van der Waals surface area contributed by atoms with Crippen molar-refractivity contribution < 1.29 is 14.6 Å². The molecular formula is C16H22BrNO3. The maximum atomic E-state index is 11.3. The molecule has 21 heavy (non-hydrogen) atoms. The first kappa shape index (κ1) is 16.5. The lowest BCUT2D eigenvalue weighted by Crippen LogP contribution is -2.32. The Morgan fingerprint density at radius 1 is 1.38 bits per heavy atom. The van der Waals surface area contributed by atoms with Crippen LogP contribution in [0.3, 0.4) is 0 Å². The number of hydrogen-bond donors (Lipinski definition) is 2. The number of halogens is 1. The van der Waals surface area contributed by atoms with E-state index >= 15 is 0 Å². The van der Waals surface area contributed by atoms with E-state index in [9.17, 15) is 9.90 Å². The minimum atomic E-state index is -0.796. The van der Waals surface area contributed by atoms with Crippen LogP contribution in [-0.2, 0) is 9.53 Å². The minimum Gasteiger partial charge on any atom is -0.480 e. The third-order valence-corrected chi connectivity index (χ3v) is 4.18. The van der Waals surface area contributed by atoms with Crippen molar-refractivity contribution in [3.8, 4) is 0 Å². The first-order chi connectivity index (χ1) is 9.76. The van der Waals surface area contributed by atoms with Crippen LogP contribution in [0.4, 0.5) is 0 Å². The average Bonchev–Trinajstić information content (AvgIpc) is 2.81. The highest BCUT2D eigenvalue weighted by molar-refractivity contribution is 9.10. The summed E-state index contributed by atoms with van der Waals surface area (Å²) in [5.74, 6) is -0.637. The molecule has 5 heteroatoms. The molecule has 3 unspecified atom stereocenters. The van der Waals surface area contributed by atoms with Gasteiger partial charge in [-0.2, -0.15) is 0 Å². The van der Waals surface area contributed by atoms with Crippen molar-refractivity contribution in [2.45, 2.75) is 44.9 Å². The van der Waals surface area contributed by atoms with Gasteiger partial charge in [0.25, 0.3) is 0 Å². The number of carboxylic acid groups (broad SMARTS) is 1. The van der Waals surface area contributed by atoms with Gasteiger partial charge in [-0.3, -0.25) is 10.1 Å². The molecule has 1 aromatic carbocycles. The normalized spacial score (nSPS) is 26.0. The van der Waals surface area contributed by atoms with Gasteiger partial charge in [0.2, 0.25) is 0 Å². The van der Waals surface area contributed by atoms with Crippen LogP contribution in [0.15, 0.2) is 28.7 Å². The van der Waals surface area contributed by atoms with Gasteiger partial charge in [-0.1, -0.05) is 28.1 Å². The van der Waals surface area contributed by atoms with Crippen molar-refractivity contribution in [1.29, 1.82) is 0 Å². The van der Waals surface area contributed by atoms with E-state index in [1.54, 1.807) is 0 Å². The summed E-state index contributed by atoms with van der Waals surface area (Å²) in [6.45, 7) is 6.59. The van der Waals surface area contributed by atoms with Crippen LogP contribution in [-0.4, -0.2) is 29.3 Å². The molecule has 0 aliphatic carbocycles. The van der Waals surface area contributed by atoms with E-state index in [2.05, 4.69) is 21.2 Å². The van der Waals surface area contributed by atoms with Crippen molar-refractivity contribution >= 4 is 21.9 Å². The Hall–Kier alpha value is -0.910. The summed E-state index contributed by atoms with van der Waals surface area (Å²) in [7, 11) is 0. The molecule has 0 radical (unpaired) electrons. The van der Waals surface area contributed by atoms with Gasteiger partial charge in [0.15, 0.2) is 0 Å². The zero-order valence-corrected chi connectivity index (χ0v) is 14.2. The molecule has 0 aromatic heterocycles. The smallest absolute Gasteiger partial charge is 0.320 e. The Bertz CT molecular complexity index is 495. The Balaban J connectivity index is 2.14. The topological polar surface area (TPSA) is 58.6 Å². The molecule has 1 aliphatic heterocycles. The molecule has 2 rings (SSSR count). The quantitative estimate of drug-likeness (QED) is 0.869. The van der Waals surface area contributed by atoms with Crippen LogP contribution < -0.4 is 5.32 Å². The Morgan fingerprint density at radius 3 is 2.52 bits per heavy atom. The number of rotatable bonds is 4. The van der Waals surface area contributed by atoms with E-state index in [1.165, 1.54) is 0 Å². The number of ether oxygens (including phenoxy) is 1. The third kappa shape index (κ3) is 4.53. The summed E-state index contributed by atoms with van der Waals surface area (Å²) < 4.78 is 6.89. The molecule has 1 heterocycles. The fraction of sp³-hybridized carbons (Fsp3) is 0.562. The van der Waals surface area contributed by atoms with Gasteiger partial charge in [-0.25, -0.2) is 0 Å². The Morgan fingerprint density at radius 2 is 2.00 bits per heavy atom. The molecule has 0 spiro atoms. The van der Waals surface area contributed by atoms with E-state index in [0.29, 0.717) is 13.0 Å². The van der Waals surface area contributed by atoms with Crippen LogP contribution in [0.25, 0.3) is 0 Å². The van der Waals surface area contributed by atoms with E-state index in [-0.39, 0.29) is 17.6 Å². The fourth-order valence-electron chi connectivity index (χ4n) is 2.59. The van der Waals surface area contributed by atoms with Gasteiger partial charge in [0.1, 0.15) is 6.04 Å². The molecule has 4 nitrogen and oxygen atoms in total. The third-order valence-electron chi connectivity index (χ3n) is 3.65. The minimum absolute atomic E-state index is 0.0153. The van der Waals surface area contributed by atoms with Crippen molar-refractivity contribution in [3.05, 3.63) is 34.3 Å². The van der Waals surface area contributed by atoms with E-state index < -0.39 is 12.0 Å². The van der Waals surface area contributed by atoms with Crippen molar-refractivity contribution in [2.75, 3.05) is 6.61 Å². The lowest BCUT2D eigenvalue weighted by atomic mass is 9.94. The molecule has 0 bridgehead atoms. The number of hydrogen-bond acceptors (Lipinski definition) is 3. The van der Waals surface area contributed by atoms with Gasteiger partial charge >= 0.3 is 5.97 Å². The maximum absolute atomic E-state index is 11.3. The molecule has 0 saturated carbocycles. The van der Waals surface area contributed by atoms with E-state index in [4.69, 9.17) is 4.74 Å². The van der Waals surface area contributed by atoms with Crippen LogP contribution in [0.5, 0.6) is 0 Å². The molecule has 116 valence electrons. The van der Waals surface area contributed by atoms with Crippen molar-refractivity contribution in [2.24, 2.45) is 5.92 Å². The lowest BCUT2D eigenvalue weighted by Gasteiger charge is -2.25. The van der Waals surface area contributed by atoms with Gasteiger partial charge in [0, 0.05) is 16.4 Å². The second kappa shape index (κ2) is 6.46. The predicted molar refractivity (Wildman–Crippen MR) is 85.3 cm³/mol. The summed E-state index contributed by atoms with van der Waals surface area (Å²) in [4.78, 5) is 11.3. The van der Waals surface area contributed by atoms with Gasteiger partial charge in [-0.15, -0.1) is 0 Å². The highest BCUT2D eigenvalue weighted by atomic mass is 79.9. The van der Waals surface area contributed by atoms with Crippen molar-refractivity contribution in [1.82, 2.24) is 5.32 Å². The number of aliphatic carboxylic acids is 1. The second-order valence-electron chi connectivity index (χ2n) is 6.51. The molecule has 3 atom stereocenters. The zero-order chi connectivity index (χ0) is 15.6. The van der Waals surface area contributed by atoms with E-state index in [0.717, 1.165) is 10.0 Å². The Labute approximate surface area is 134 Å². The lowest BCUT2D eigenvalue weighted by molar-refractivity contribution is -0.139. The fourth-order valence-corrected chi connectivity index (χ4v) is 2.86. The average molecular weight is 356 g/mol. The molecule has 0 amide bonds. The molecule has 2 N–H and O–H groups in total. The number of nitrogens with one attached hydrogen (secondary N) is 1. The maximum Gasteiger partial charge on any atom is 0.320 e. The highest BCUT2D eigenvalue weighted by Gasteiger charge is 2.38. The Kier molecular flexibility index (Phi) is 5.07. The standard InChI is InChI=1S/C16H22BrNO3/c1-16(2,3)21-9-11-8-13(15(19)20)18-14(11)10-4-6-12(17)7-5-10/h4-7,11,13-14,18H,8-9H2,1-3H3,(H,19,20). The number of benzene rings is 1. The first-order valence-electron chi connectivity index (χ1n) is 7.14. The first-order valence-corrected chi connectivity index (χ1v) is 7.94. The molecule has 1 aromatic rings. The molecule has 1 saturated heterocycles. The zero-order valence-electron chi connectivity index (χ0n) is 12.6. The van der Waals surface area contributed by atoms with E-state index in [1.807, 2.05) is 45.0 Å². The summed E-state index contributed by atoms with van der Waals surface area (Å²) in [6.07, 6.45) is 0.589. The van der Waals surface area contributed by atoms with Gasteiger partial charge in [0.05, 0.1) is 12.2 Å². The summed E-state index contributed by atoms with van der Waals surface area (Å²) in [6, 6.07) is 7.51. The predicted octanol–water partition coefficient (Wildman–Crippen LogP) is 3.37. The van der Waals surface area contributed by atoms with Crippen LogP contribution in [0.1, 0.15) is 38.8 Å². The van der Waals surface area contributed by atoms with Gasteiger partial charge in [-0.05, 0) is 44.9 Å². The van der Waals surface area contributed by atoms with Crippen molar-refractivity contribution in [3.63, 3.8) is 0 Å². The number of carboxylic acids is 1. The molecule has 1 aliphatic rings. The molecular weight excluding hydrogens is 334 g/mol. The van der Waals surface area contributed by atoms with Gasteiger partial charge < -0.3 is 9.84 Å². The number of carbonyl (C=O) groups is 1. The van der Waals surface area contributed by atoms with Crippen LogP contribution in [0, 0.1) is 5.92 Å². The molecule has 1 fully saturated rings. The highest BCUT2D eigenvalue weighted by Crippen LogP contribution is 2.34. The largest absolute Gasteiger partial charge is 0.480 e.